The van der Waals surface area contributed by atoms with Crippen molar-refractivity contribution in [2.45, 2.75) is 26.8 Å². The van der Waals surface area contributed by atoms with Crippen LogP contribution >= 0.6 is 38.6 Å². The molecule has 0 unspecified atom stereocenters. The van der Waals surface area contributed by atoms with Crippen molar-refractivity contribution in [3.05, 3.63) is 55.3 Å². The number of carbonyl (C=O) groups excluding carboxylic acids is 1. The van der Waals surface area contributed by atoms with Gasteiger partial charge in [-0.25, -0.2) is 4.98 Å². The number of aryl methyl sites for hydroxylation is 2. The number of hydrogen-bond donors (Lipinski definition) is 1. The van der Waals surface area contributed by atoms with Gasteiger partial charge in [-0.15, -0.1) is 21.5 Å². The molecule has 0 saturated carbocycles. The van der Waals surface area contributed by atoms with E-state index in [0.717, 1.165) is 31.9 Å². The van der Waals surface area contributed by atoms with Gasteiger partial charge < -0.3 is 0 Å². The molecule has 7 nitrogen and oxygen atoms in total. The lowest BCUT2D eigenvalue weighted by molar-refractivity contribution is -0.116. The van der Waals surface area contributed by atoms with Crippen LogP contribution in [0.25, 0.3) is 21.3 Å². The molecule has 0 atom stereocenters. The molecule has 10 heteroatoms. The van der Waals surface area contributed by atoms with Crippen LogP contribution in [0.2, 0.25) is 0 Å². The van der Waals surface area contributed by atoms with Crippen molar-refractivity contribution in [2.24, 2.45) is 0 Å². The number of nitrogens with one attached hydrogen (secondary N) is 1. The second-order valence-electron chi connectivity index (χ2n) is 6.30. The van der Waals surface area contributed by atoms with Crippen molar-refractivity contribution in [1.29, 1.82) is 0 Å². The molecule has 29 heavy (non-hydrogen) atoms. The maximum atomic E-state index is 13.2. The topological polar surface area (TPSA) is 89.8 Å². The number of amides is 1. The Kier molecular flexibility index (Phi) is 5.57. The largest absolute Gasteiger partial charge is 0.299 e. The van der Waals surface area contributed by atoms with Gasteiger partial charge in [0.1, 0.15) is 16.4 Å². The highest BCUT2D eigenvalue weighted by molar-refractivity contribution is 9.10. The minimum Gasteiger partial charge on any atom is -0.299 e. The van der Waals surface area contributed by atoms with Gasteiger partial charge in [0.25, 0.3) is 5.56 Å². The molecule has 0 radical (unpaired) electrons. The molecule has 3 aromatic heterocycles. The number of benzene rings is 1. The molecule has 0 fully saturated rings. The van der Waals surface area contributed by atoms with Gasteiger partial charge in [0, 0.05) is 14.9 Å². The van der Waals surface area contributed by atoms with E-state index in [4.69, 9.17) is 0 Å². The molecule has 1 N–H and O–H groups in total. The Balaban J connectivity index is 1.68. The predicted molar refractivity (Wildman–Crippen MR) is 120 cm³/mol. The van der Waals surface area contributed by atoms with Crippen LogP contribution < -0.4 is 10.9 Å². The molecule has 0 bridgehead atoms. The molecule has 1 aromatic carbocycles. The number of rotatable bonds is 5. The minimum atomic E-state index is -0.343. The molecule has 0 aliphatic rings. The molecule has 0 aliphatic carbocycles. The number of carbonyl (C=O) groups is 1. The van der Waals surface area contributed by atoms with E-state index in [0.29, 0.717) is 15.3 Å². The fraction of sp³-hybridized carbons (Fsp3) is 0.211. The van der Waals surface area contributed by atoms with Crippen LogP contribution in [0.15, 0.2) is 39.9 Å². The molecule has 0 aliphatic heterocycles. The van der Waals surface area contributed by atoms with Gasteiger partial charge in [-0.2, -0.15) is 0 Å². The van der Waals surface area contributed by atoms with Gasteiger partial charge in [-0.05, 0) is 31.0 Å². The summed E-state index contributed by atoms with van der Waals surface area (Å²) >= 11 is 6.23. The zero-order valence-electron chi connectivity index (χ0n) is 15.6. The minimum absolute atomic E-state index is 0.141. The number of thiophene rings is 1. The number of nitrogens with zero attached hydrogens (tertiary/aromatic N) is 4. The zero-order chi connectivity index (χ0) is 20.5. The average Bonchev–Trinajstić information content (AvgIpc) is 3.28. The maximum Gasteiger partial charge on any atom is 0.263 e. The average molecular weight is 490 g/mol. The summed E-state index contributed by atoms with van der Waals surface area (Å²) in [5.74, 6) is -0.343. The van der Waals surface area contributed by atoms with Crippen LogP contribution in [0, 0.1) is 6.92 Å². The first kappa shape index (κ1) is 19.9. The lowest BCUT2D eigenvalue weighted by Crippen LogP contribution is -2.27. The normalized spacial score (nSPS) is 11.1. The van der Waals surface area contributed by atoms with Crippen LogP contribution in [0.3, 0.4) is 0 Å². The number of anilines is 1. The van der Waals surface area contributed by atoms with Crippen molar-refractivity contribution < 1.29 is 4.79 Å². The predicted octanol–water partition coefficient (Wildman–Crippen LogP) is 4.25. The first-order valence-electron chi connectivity index (χ1n) is 8.83. The molecular formula is C19H16BrN5O2S2. The van der Waals surface area contributed by atoms with Crippen LogP contribution in [0.1, 0.15) is 16.8 Å². The van der Waals surface area contributed by atoms with Crippen molar-refractivity contribution in [2.75, 3.05) is 5.32 Å². The fourth-order valence-corrected chi connectivity index (χ4v) is 4.94. The zero-order valence-corrected chi connectivity index (χ0v) is 18.8. The van der Waals surface area contributed by atoms with Gasteiger partial charge in [0.2, 0.25) is 11.0 Å². The third-order valence-corrected chi connectivity index (χ3v) is 6.84. The highest BCUT2D eigenvalue weighted by Gasteiger charge is 2.18. The summed E-state index contributed by atoms with van der Waals surface area (Å²) in [6.07, 6.45) is 2.17. The molecule has 4 aromatic rings. The van der Waals surface area contributed by atoms with Gasteiger partial charge >= 0.3 is 0 Å². The van der Waals surface area contributed by atoms with Crippen molar-refractivity contribution in [1.82, 2.24) is 19.7 Å². The molecule has 1 amide bonds. The molecule has 148 valence electrons. The highest BCUT2D eigenvalue weighted by Crippen LogP contribution is 2.35. The Hall–Kier alpha value is -2.43. The van der Waals surface area contributed by atoms with E-state index >= 15 is 0 Å². The second-order valence-corrected chi connectivity index (χ2v) is 9.48. The number of hydrogen-bond acceptors (Lipinski definition) is 7. The number of aromatic nitrogens is 4. The molecular weight excluding hydrogens is 474 g/mol. The first-order chi connectivity index (χ1) is 14.0. The Bertz CT molecular complexity index is 1260. The molecule has 0 spiro atoms. The monoisotopic (exact) mass is 489 g/mol. The fourth-order valence-electron chi connectivity index (χ4n) is 2.97. The summed E-state index contributed by atoms with van der Waals surface area (Å²) < 4.78 is 2.29. The summed E-state index contributed by atoms with van der Waals surface area (Å²) in [5.41, 5.74) is 1.57. The lowest BCUT2D eigenvalue weighted by atomic mass is 10.0. The standard InChI is InChI=1S/C19H16BrN5O2S2/c1-3-14-23-24-19(29-14)22-13(26)8-25-9-21-17-16(18(25)27)15(10(2)28-17)11-4-6-12(20)7-5-11/h4-7,9H,3,8H2,1-2H3,(H,22,24,26). The first-order valence-corrected chi connectivity index (χ1v) is 11.3. The van der Waals surface area contributed by atoms with E-state index < -0.39 is 0 Å². The van der Waals surface area contributed by atoms with Crippen LogP contribution in [0.5, 0.6) is 0 Å². The van der Waals surface area contributed by atoms with Crippen LogP contribution in [-0.4, -0.2) is 25.7 Å². The second kappa shape index (κ2) is 8.13. The summed E-state index contributed by atoms with van der Waals surface area (Å²) in [4.78, 5) is 31.6. The van der Waals surface area contributed by atoms with E-state index in [1.807, 2.05) is 38.1 Å². The molecule has 3 heterocycles. The van der Waals surface area contributed by atoms with E-state index in [2.05, 4.69) is 36.4 Å². The molecule has 0 saturated heterocycles. The van der Waals surface area contributed by atoms with Crippen LogP contribution in [-0.2, 0) is 17.8 Å². The maximum absolute atomic E-state index is 13.2. The Morgan fingerprint density at radius 2 is 1.97 bits per heavy atom. The Morgan fingerprint density at radius 3 is 2.66 bits per heavy atom. The third kappa shape index (κ3) is 4.00. The summed E-state index contributed by atoms with van der Waals surface area (Å²) in [7, 11) is 0. The summed E-state index contributed by atoms with van der Waals surface area (Å²) in [6, 6.07) is 7.80. The van der Waals surface area contributed by atoms with E-state index in [9.17, 15) is 9.59 Å². The van der Waals surface area contributed by atoms with Gasteiger partial charge in [0.05, 0.1) is 11.7 Å². The van der Waals surface area contributed by atoms with E-state index in [1.54, 1.807) is 0 Å². The smallest absolute Gasteiger partial charge is 0.263 e. The van der Waals surface area contributed by atoms with Crippen molar-refractivity contribution in [3.8, 4) is 11.1 Å². The van der Waals surface area contributed by atoms with E-state index in [-0.39, 0.29) is 18.0 Å². The van der Waals surface area contributed by atoms with Crippen LogP contribution in [0.4, 0.5) is 5.13 Å². The van der Waals surface area contributed by atoms with Gasteiger partial charge in [-0.3, -0.25) is 19.5 Å². The number of halogens is 1. The Morgan fingerprint density at radius 1 is 1.21 bits per heavy atom. The van der Waals surface area contributed by atoms with Gasteiger partial charge in [0.15, 0.2) is 0 Å². The third-order valence-electron chi connectivity index (χ3n) is 4.32. The van der Waals surface area contributed by atoms with Gasteiger partial charge in [-0.1, -0.05) is 46.3 Å². The van der Waals surface area contributed by atoms with E-state index in [1.165, 1.54) is 33.6 Å². The quantitative estimate of drug-likeness (QED) is 0.452. The summed E-state index contributed by atoms with van der Waals surface area (Å²) in [5, 5.41) is 12.4. The molecule has 4 rings (SSSR count). The SMILES string of the molecule is CCc1nnc(NC(=O)Cn2cnc3sc(C)c(-c4ccc(Br)cc4)c3c2=O)s1. The lowest BCUT2D eigenvalue weighted by Gasteiger charge is -2.06. The number of fused-ring (bicyclic) bond motifs is 1. The summed E-state index contributed by atoms with van der Waals surface area (Å²) in [6.45, 7) is 3.80. The van der Waals surface area contributed by atoms with Crippen molar-refractivity contribution >= 4 is 59.9 Å². The Labute approximate surface area is 182 Å². The highest BCUT2D eigenvalue weighted by atomic mass is 79.9. The van der Waals surface area contributed by atoms with Crippen molar-refractivity contribution in [3.63, 3.8) is 0 Å².